The second-order valence-corrected chi connectivity index (χ2v) is 4.43. The number of amides is 1. The van der Waals surface area contributed by atoms with E-state index < -0.39 is 0 Å². The number of hydrogen-bond acceptors (Lipinski definition) is 1. The van der Waals surface area contributed by atoms with Crippen molar-refractivity contribution in [1.82, 2.24) is 4.90 Å². The molecule has 0 aromatic heterocycles. The van der Waals surface area contributed by atoms with E-state index in [4.69, 9.17) is 0 Å². The maximum atomic E-state index is 11.7. The van der Waals surface area contributed by atoms with Gasteiger partial charge in [-0.3, -0.25) is 4.79 Å². The molecule has 1 aliphatic rings. The summed E-state index contributed by atoms with van der Waals surface area (Å²) in [5, 5.41) is 0. The number of nitrogens with zero attached hydrogens (tertiary/aromatic N) is 1. The molecule has 1 fully saturated rings. The largest absolute Gasteiger partial charge is 0.335 e. The number of carbonyl (C=O) groups is 1. The van der Waals surface area contributed by atoms with Gasteiger partial charge in [0, 0.05) is 19.0 Å². The van der Waals surface area contributed by atoms with Crippen molar-refractivity contribution >= 4 is 5.91 Å². The highest BCUT2D eigenvalue weighted by Gasteiger charge is 2.33. The molecule has 2 unspecified atom stereocenters. The summed E-state index contributed by atoms with van der Waals surface area (Å²) >= 11 is 0. The summed E-state index contributed by atoms with van der Waals surface area (Å²) in [7, 11) is 0. The predicted molar refractivity (Wildman–Crippen MR) is 60.2 cm³/mol. The fourth-order valence-corrected chi connectivity index (χ4v) is 2.11. The van der Waals surface area contributed by atoms with Crippen LogP contribution in [0.1, 0.15) is 25.8 Å². The molecular weight excluding hydrogens is 186 g/mol. The maximum absolute atomic E-state index is 11.7. The zero-order valence-electron chi connectivity index (χ0n) is 9.31. The fourth-order valence-electron chi connectivity index (χ4n) is 2.11. The Morgan fingerprint density at radius 2 is 1.93 bits per heavy atom. The van der Waals surface area contributed by atoms with Crippen molar-refractivity contribution in [2.75, 3.05) is 0 Å². The SMILES string of the molecule is CC1CC(=O)N(Cc2ccccc2)C1C. The van der Waals surface area contributed by atoms with Crippen molar-refractivity contribution in [2.24, 2.45) is 5.92 Å². The molecule has 0 bridgehead atoms. The zero-order chi connectivity index (χ0) is 10.8. The Hall–Kier alpha value is -1.31. The molecule has 0 aliphatic carbocycles. The van der Waals surface area contributed by atoms with Crippen molar-refractivity contribution in [3.05, 3.63) is 35.9 Å². The number of hydrogen-bond donors (Lipinski definition) is 0. The van der Waals surface area contributed by atoms with E-state index in [1.54, 1.807) is 0 Å². The molecule has 0 N–H and O–H groups in total. The molecule has 1 aromatic carbocycles. The third-order valence-corrected chi connectivity index (χ3v) is 3.33. The number of rotatable bonds is 2. The van der Waals surface area contributed by atoms with Gasteiger partial charge in [0.1, 0.15) is 0 Å². The van der Waals surface area contributed by atoms with Gasteiger partial charge in [0.15, 0.2) is 0 Å². The van der Waals surface area contributed by atoms with E-state index in [-0.39, 0.29) is 0 Å². The van der Waals surface area contributed by atoms with Crippen molar-refractivity contribution < 1.29 is 4.79 Å². The minimum absolute atomic E-state index is 0.291. The van der Waals surface area contributed by atoms with E-state index in [2.05, 4.69) is 26.0 Å². The molecule has 1 saturated heterocycles. The van der Waals surface area contributed by atoms with Gasteiger partial charge in [-0.2, -0.15) is 0 Å². The van der Waals surface area contributed by atoms with Crippen LogP contribution in [0.15, 0.2) is 30.3 Å². The molecule has 2 atom stereocenters. The van der Waals surface area contributed by atoms with Crippen molar-refractivity contribution in [3.63, 3.8) is 0 Å². The van der Waals surface area contributed by atoms with Gasteiger partial charge in [0.25, 0.3) is 0 Å². The maximum Gasteiger partial charge on any atom is 0.223 e. The molecule has 80 valence electrons. The first-order chi connectivity index (χ1) is 7.18. The molecule has 2 heteroatoms. The quantitative estimate of drug-likeness (QED) is 0.723. The van der Waals surface area contributed by atoms with Crippen LogP contribution in [0.2, 0.25) is 0 Å². The van der Waals surface area contributed by atoms with Crippen LogP contribution >= 0.6 is 0 Å². The van der Waals surface area contributed by atoms with Gasteiger partial charge in [-0.1, -0.05) is 37.3 Å². The van der Waals surface area contributed by atoms with Crippen LogP contribution in [0.4, 0.5) is 0 Å². The lowest BCUT2D eigenvalue weighted by Crippen LogP contribution is -2.31. The minimum Gasteiger partial charge on any atom is -0.335 e. The topological polar surface area (TPSA) is 20.3 Å². The number of benzene rings is 1. The van der Waals surface area contributed by atoms with Gasteiger partial charge in [-0.15, -0.1) is 0 Å². The van der Waals surface area contributed by atoms with Gasteiger partial charge in [-0.05, 0) is 18.4 Å². The van der Waals surface area contributed by atoms with E-state index in [1.165, 1.54) is 5.56 Å². The summed E-state index contributed by atoms with van der Waals surface area (Å²) in [6, 6.07) is 10.6. The van der Waals surface area contributed by atoms with Crippen molar-refractivity contribution in [1.29, 1.82) is 0 Å². The molecule has 0 saturated carbocycles. The summed E-state index contributed by atoms with van der Waals surface area (Å²) in [4.78, 5) is 13.7. The minimum atomic E-state index is 0.291. The van der Waals surface area contributed by atoms with Crippen LogP contribution < -0.4 is 0 Å². The van der Waals surface area contributed by atoms with Crippen molar-refractivity contribution in [2.45, 2.75) is 32.9 Å². The second-order valence-electron chi connectivity index (χ2n) is 4.43. The lowest BCUT2D eigenvalue weighted by atomic mass is 10.0. The van der Waals surface area contributed by atoms with E-state index in [1.807, 2.05) is 23.1 Å². The average Bonchev–Trinajstić information content (AvgIpc) is 2.47. The molecule has 1 heterocycles. The fraction of sp³-hybridized carbons (Fsp3) is 0.462. The predicted octanol–water partition coefficient (Wildman–Crippen LogP) is 2.44. The molecular formula is C13H17NO. The average molecular weight is 203 g/mol. The highest BCUT2D eigenvalue weighted by Crippen LogP contribution is 2.26. The summed E-state index contributed by atoms with van der Waals surface area (Å²) in [6.07, 6.45) is 0.702. The summed E-state index contributed by atoms with van der Waals surface area (Å²) in [6.45, 7) is 5.04. The highest BCUT2D eigenvalue weighted by atomic mass is 16.2. The second kappa shape index (κ2) is 4.05. The van der Waals surface area contributed by atoms with Crippen molar-refractivity contribution in [3.8, 4) is 0 Å². The molecule has 0 spiro atoms. The Labute approximate surface area is 90.9 Å². The Kier molecular flexibility index (Phi) is 2.76. The van der Waals surface area contributed by atoms with Gasteiger partial charge in [0.05, 0.1) is 0 Å². The van der Waals surface area contributed by atoms with Gasteiger partial charge in [-0.25, -0.2) is 0 Å². The smallest absolute Gasteiger partial charge is 0.223 e. The van der Waals surface area contributed by atoms with E-state index >= 15 is 0 Å². The van der Waals surface area contributed by atoms with Crippen LogP contribution in [0.3, 0.4) is 0 Å². The molecule has 2 nitrogen and oxygen atoms in total. The Morgan fingerprint density at radius 3 is 2.47 bits per heavy atom. The zero-order valence-corrected chi connectivity index (χ0v) is 9.31. The van der Waals surface area contributed by atoms with Crippen LogP contribution in [0.25, 0.3) is 0 Å². The Balaban J connectivity index is 2.09. The molecule has 2 rings (SSSR count). The standard InChI is InChI=1S/C13H17NO/c1-10-8-13(15)14(11(10)2)9-12-6-4-3-5-7-12/h3-7,10-11H,8-9H2,1-2H3. The molecule has 1 amide bonds. The third-order valence-electron chi connectivity index (χ3n) is 3.33. The number of carbonyl (C=O) groups excluding carboxylic acids is 1. The Morgan fingerprint density at radius 1 is 1.27 bits per heavy atom. The first-order valence-corrected chi connectivity index (χ1v) is 5.52. The van der Waals surface area contributed by atoms with E-state index in [9.17, 15) is 4.79 Å². The van der Waals surface area contributed by atoms with Crippen LogP contribution in [0.5, 0.6) is 0 Å². The monoisotopic (exact) mass is 203 g/mol. The lowest BCUT2D eigenvalue weighted by Gasteiger charge is -2.23. The summed E-state index contributed by atoms with van der Waals surface area (Å²) in [5.74, 6) is 0.778. The van der Waals surface area contributed by atoms with Crippen LogP contribution in [-0.2, 0) is 11.3 Å². The number of likely N-dealkylation sites (tertiary alicyclic amines) is 1. The van der Waals surface area contributed by atoms with Crippen LogP contribution in [-0.4, -0.2) is 16.8 Å². The van der Waals surface area contributed by atoms with Gasteiger partial charge in [0.2, 0.25) is 5.91 Å². The normalized spacial score (nSPS) is 26.0. The van der Waals surface area contributed by atoms with Gasteiger partial charge >= 0.3 is 0 Å². The summed E-state index contributed by atoms with van der Waals surface area (Å²) < 4.78 is 0. The van der Waals surface area contributed by atoms with E-state index in [0.717, 1.165) is 6.54 Å². The lowest BCUT2D eigenvalue weighted by molar-refractivity contribution is -0.129. The molecule has 15 heavy (non-hydrogen) atoms. The highest BCUT2D eigenvalue weighted by molar-refractivity contribution is 5.79. The molecule has 1 aromatic rings. The van der Waals surface area contributed by atoms with Crippen LogP contribution in [0, 0.1) is 5.92 Å². The Bertz CT molecular complexity index is 347. The molecule has 1 aliphatic heterocycles. The van der Waals surface area contributed by atoms with Gasteiger partial charge < -0.3 is 4.90 Å². The summed E-state index contributed by atoms with van der Waals surface area (Å²) in [5.41, 5.74) is 1.21. The first kappa shape index (κ1) is 10.2. The first-order valence-electron chi connectivity index (χ1n) is 5.52. The third kappa shape index (κ3) is 2.04. The molecule has 0 radical (unpaired) electrons. The van der Waals surface area contributed by atoms with E-state index in [0.29, 0.717) is 24.3 Å².